The molecule has 0 fully saturated rings. The van der Waals surface area contributed by atoms with Crippen molar-refractivity contribution >= 4 is 112 Å². The van der Waals surface area contributed by atoms with Crippen LogP contribution in [0.25, 0.3) is 10.9 Å². The Hall–Kier alpha value is -9.32. The van der Waals surface area contributed by atoms with E-state index in [0.717, 1.165) is 24.8 Å². The number of fused-ring (bicyclic) bond motifs is 1. The number of thioether (sulfide) groups is 1. The molecule has 90 heavy (non-hydrogen) atoms. The second kappa shape index (κ2) is 38.8. The number of aliphatic hydroxyl groups is 1. The molecule has 2 aromatic rings. The molecule has 26 N–H and O–H groups in total. The Morgan fingerprint density at radius 3 is 1.49 bits per heavy atom. The van der Waals surface area contributed by atoms with Gasteiger partial charge in [0.2, 0.25) is 59.1 Å². The molecule has 0 aliphatic rings. The van der Waals surface area contributed by atoms with Gasteiger partial charge in [-0.1, -0.05) is 32.0 Å². The molecule has 1 heterocycles. The number of carboxylic acids is 3. The molecule has 2 rings (SSSR count). The predicted octanol–water partition coefficient (Wildman–Crippen LogP) is -5.99. The number of H-pyrrole nitrogens is 1. The van der Waals surface area contributed by atoms with Gasteiger partial charge < -0.3 is 108 Å². The van der Waals surface area contributed by atoms with Gasteiger partial charge in [-0.15, -0.1) is 0 Å². The third-order valence-corrected chi connectivity index (χ3v) is 14.1. The normalized spacial score (nSPS) is 14.7. The zero-order valence-corrected chi connectivity index (χ0v) is 51.4. The van der Waals surface area contributed by atoms with E-state index in [1.165, 1.54) is 25.6 Å². The second-order valence-corrected chi connectivity index (χ2v) is 22.3. The van der Waals surface area contributed by atoms with Crippen LogP contribution in [0.4, 0.5) is 0 Å². The summed E-state index contributed by atoms with van der Waals surface area (Å²) in [5.41, 5.74) is 34.3. The quantitative estimate of drug-likeness (QED) is 0.0167. The number of carbonyl (C=O) groups excluding carboxylic acids is 10. The number of nitrogens with one attached hydrogen (secondary N) is 10. The van der Waals surface area contributed by atoms with Gasteiger partial charge in [-0.2, -0.15) is 11.8 Å². The third-order valence-electron chi connectivity index (χ3n) is 13.5. The number of aliphatic hydroxyl groups excluding tert-OH is 1. The first-order valence-electron chi connectivity index (χ1n) is 28.5. The summed E-state index contributed by atoms with van der Waals surface area (Å²) in [6.45, 7) is 5.06. The van der Waals surface area contributed by atoms with Crippen molar-refractivity contribution in [2.24, 2.45) is 50.3 Å². The van der Waals surface area contributed by atoms with Crippen molar-refractivity contribution in [3.63, 3.8) is 0 Å². The van der Waals surface area contributed by atoms with Gasteiger partial charge in [-0.25, -0.2) is 4.79 Å². The Bertz CT molecular complexity index is 2900. The van der Waals surface area contributed by atoms with Gasteiger partial charge in [-0.05, 0) is 88.3 Å². The van der Waals surface area contributed by atoms with Gasteiger partial charge in [0.25, 0.3) is 0 Å². The number of carbonyl (C=O) groups is 13. The minimum atomic E-state index is -2.02. The standard InChI is InChI=1S/C54H86N18O17S/c1-25(2)41(71-51(87)42(27(4)73)72-44(80)30(55)14-16-38(56)74)50(86)69-36(23-40(77)78)49(85)67-34(15-17-39(75)76)45(81)64-26(3)43(79)65-32(12-8-19-61-53(57)58)46(82)66-33(13-9-20-62-54(59)60)47(83)68-35(18-21-90-5)48(84)70-37(52(88)89)22-28-24-63-31-11-7-6-10-29(28)31/h6-7,10-11,24-27,30,32-37,41-42,63,73H,8-9,12-23,55H2,1-5H3,(H2,56,74)(H,64,81)(H,65,79)(H,66,82)(H,67,85)(H,68,83)(H,69,86)(H,70,84)(H,71,87)(H,72,80)(H,75,76)(H,77,78)(H,88,89)(H4,57,58,61)(H4,59,60,62)/t26-,27+,30-,32-,33-,34-,35-,36-,37-,41-,42-/m0/s1. The number of para-hydroxylation sites is 1. The van der Waals surface area contributed by atoms with E-state index in [9.17, 15) is 82.8 Å². The number of guanidine groups is 2. The number of hydrogen-bond donors (Lipinski definition) is 20. The van der Waals surface area contributed by atoms with Crippen molar-refractivity contribution < 1.29 is 82.8 Å². The minimum absolute atomic E-state index is 0.0117. The molecule has 0 aliphatic heterocycles. The lowest BCUT2D eigenvalue weighted by molar-refractivity contribution is -0.142. The summed E-state index contributed by atoms with van der Waals surface area (Å²) in [6.07, 6.45) is -1.72. The SMILES string of the molecule is CSCC[C@H](NC(=O)[C@H](CCCN=C(N)N)NC(=O)[C@H](CCCN=C(N)N)NC(=O)[C@H](C)NC(=O)[C@H](CCC(=O)O)NC(=O)[C@H](CC(=O)O)NC(=O)[C@@H](NC(=O)[C@@H](NC(=O)[C@@H](N)CCC(N)=O)[C@@H](C)O)C(C)C)C(=O)N[C@@H](Cc1c[nH]c2ccccc12)C(=O)O. The average Bonchev–Trinajstić information content (AvgIpc) is 3.58. The second-order valence-electron chi connectivity index (χ2n) is 21.3. The third kappa shape index (κ3) is 27.8. The number of aliphatic carboxylic acids is 3. The maximum Gasteiger partial charge on any atom is 0.326 e. The lowest BCUT2D eigenvalue weighted by atomic mass is 10.0. The van der Waals surface area contributed by atoms with Gasteiger partial charge in [0.05, 0.1) is 18.6 Å². The van der Waals surface area contributed by atoms with Crippen LogP contribution in [0.15, 0.2) is 40.4 Å². The summed E-state index contributed by atoms with van der Waals surface area (Å²) in [7, 11) is 0. The molecule has 11 atom stereocenters. The summed E-state index contributed by atoms with van der Waals surface area (Å²) in [5, 5.41) is 62.1. The zero-order chi connectivity index (χ0) is 67.9. The highest BCUT2D eigenvalue weighted by atomic mass is 32.2. The molecule has 0 aliphatic carbocycles. The average molecular weight is 1290 g/mol. The van der Waals surface area contributed by atoms with Gasteiger partial charge in [-0.3, -0.25) is 67.5 Å². The molecule has 1 aromatic heterocycles. The van der Waals surface area contributed by atoms with Crippen LogP contribution in [0.3, 0.4) is 0 Å². The Morgan fingerprint density at radius 1 is 0.533 bits per heavy atom. The van der Waals surface area contributed by atoms with Gasteiger partial charge in [0.15, 0.2) is 11.9 Å². The van der Waals surface area contributed by atoms with Crippen molar-refractivity contribution in [2.75, 3.05) is 25.1 Å². The Kier molecular flexibility index (Phi) is 33.1. The van der Waals surface area contributed by atoms with Crippen molar-refractivity contribution in [1.29, 1.82) is 0 Å². The molecule has 0 unspecified atom stereocenters. The van der Waals surface area contributed by atoms with Crippen LogP contribution < -0.4 is 82.3 Å². The Balaban J connectivity index is 2.42. The first-order valence-corrected chi connectivity index (χ1v) is 29.9. The van der Waals surface area contributed by atoms with Crippen LogP contribution in [0.5, 0.6) is 0 Å². The molecule has 0 saturated heterocycles. The van der Waals surface area contributed by atoms with Crippen LogP contribution in [-0.2, 0) is 68.7 Å². The molecule has 10 amide bonds. The van der Waals surface area contributed by atoms with E-state index in [-0.39, 0.29) is 76.4 Å². The molecular formula is C54H86N18O17S. The highest BCUT2D eigenvalue weighted by Crippen LogP contribution is 2.20. The van der Waals surface area contributed by atoms with E-state index in [2.05, 4.69) is 62.8 Å². The van der Waals surface area contributed by atoms with Crippen LogP contribution in [0, 0.1) is 5.92 Å². The van der Waals surface area contributed by atoms with Crippen molar-refractivity contribution in [2.45, 2.75) is 165 Å². The highest BCUT2D eigenvalue weighted by Gasteiger charge is 2.37. The lowest BCUT2D eigenvalue weighted by Gasteiger charge is -2.29. The van der Waals surface area contributed by atoms with Crippen molar-refractivity contribution in [1.82, 2.24) is 52.8 Å². The number of hydrogen-bond acceptors (Lipinski definition) is 18. The van der Waals surface area contributed by atoms with Crippen molar-refractivity contribution in [3.05, 3.63) is 36.0 Å². The topological polar surface area (TPSA) is 608 Å². The molecule has 0 spiro atoms. The maximum atomic E-state index is 14.3. The van der Waals surface area contributed by atoms with E-state index in [1.54, 1.807) is 36.7 Å². The molecule has 0 saturated carbocycles. The summed E-state index contributed by atoms with van der Waals surface area (Å²) in [5.74, 6) is -15.9. The molecule has 1 aromatic carbocycles. The number of nitrogens with zero attached hydrogens (tertiary/aromatic N) is 2. The summed E-state index contributed by atoms with van der Waals surface area (Å²) in [4.78, 5) is 183. The fourth-order valence-corrected chi connectivity index (χ4v) is 9.06. The number of carboxylic acid groups (broad SMARTS) is 3. The first kappa shape index (κ1) is 76.8. The smallest absolute Gasteiger partial charge is 0.326 e. The number of aliphatic imine (C=N–C) groups is 2. The van der Waals surface area contributed by atoms with E-state index in [0.29, 0.717) is 11.3 Å². The lowest BCUT2D eigenvalue weighted by Crippen LogP contribution is -2.62. The Labute approximate surface area is 521 Å². The fraction of sp³-hybridized carbons (Fsp3) is 0.574. The van der Waals surface area contributed by atoms with Crippen molar-refractivity contribution in [3.8, 4) is 0 Å². The Morgan fingerprint density at radius 2 is 1.00 bits per heavy atom. The zero-order valence-electron chi connectivity index (χ0n) is 50.6. The number of amides is 10. The molecule has 0 radical (unpaired) electrons. The van der Waals surface area contributed by atoms with Crippen LogP contribution in [0.2, 0.25) is 0 Å². The fourth-order valence-electron chi connectivity index (χ4n) is 8.59. The summed E-state index contributed by atoms with van der Waals surface area (Å²) < 4.78 is 0. The number of benzene rings is 1. The number of aromatic nitrogens is 1. The summed E-state index contributed by atoms with van der Waals surface area (Å²) >= 11 is 1.33. The van der Waals surface area contributed by atoms with Crippen LogP contribution in [-0.4, -0.2) is 206 Å². The van der Waals surface area contributed by atoms with Gasteiger partial charge in [0, 0.05) is 49.5 Å². The van der Waals surface area contributed by atoms with E-state index >= 15 is 0 Å². The molecule has 500 valence electrons. The predicted molar refractivity (Wildman–Crippen MR) is 328 cm³/mol. The highest BCUT2D eigenvalue weighted by molar-refractivity contribution is 7.98. The largest absolute Gasteiger partial charge is 0.481 e. The minimum Gasteiger partial charge on any atom is -0.481 e. The molecule has 35 nitrogen and oxygen atoms in total. The number of aromatic amines is 1. The molecule has 0 bridgehead atoms. The van der Waals surface area contributed by atoms with E-state index < -0.39 is 169 Å². The molecule has 36 heteroatoms. The molecular weight excluding hydrogens is 1200 g/mol. The summed E-state index contributed by atoms with van der Waals surface area (Å²) in [6, 6.07) is -8.77. The van der Waals surface area contributed by atoms with Crippen LogP contribution in [0.1, 0.15) is 97.5 Å². The number of primary amides is 1. The van der Waals surface area contributed by atoms with Crippen LogP contribution >= 0.6 is 11.8 Å². The van der Waals surface area contributed by atoms with Gasteiger partial charge in [0.1, 0.15) is 54.4 Å². The monoisotopic (exact) mass is 1290 g/mol. The first-order chi connectivity index (χ1) is 42.3. The maximum absolute atomic E-state index is 14.3. The number of nitrogens with two attached hydrogens (primary N) is 6. The van der Waals surface area contributed by atoms with E-state index in [4.69, 9.17) is 34.4 Å². The number of rotatable bonds is 42. The van der Waals surface area contributed by atoms with Gasteiger partial charge >= 0.3 is 17.9 Å². The van der Waals surface area contributed by atoms with E-state index in [1.807, 2.05) is 0 Å².